The molecule has 7 nitrogen and oxygen atoms in total. The summed E-state index contributed by atoms with van der Waals surface area (Å²) in [4.78, 5) is 11.8. The van der Waals surface area contributed by atoms with E-state index in [1.165, 1.54) is 7.11 Å². The molecule has 2 rings (SSSR count). The summed E-state index contributed by atoms with van der Waals surface area (Å²) in [5, 5.41) is 13.3. The second-order valence-electron chi connectivity index (χ2n) is 5.32. The molecule has 0 aromatic heterocycles. The van der Waals surface area contributed by atoms with Gasteiger partial charge in [-0.2, -0.15) is 11.8 Å². The molecule has 0 amide bonds. The lowest BCUT2D eigenvalue weighted by atomic mass is 10.2. The van der Waals surface area contributed by atoms with Crippen molar-refractivity contribution >= 4 is 29.1 Å². The van der Waals surface area contributed by atoms with E-state index in [9.17, 15) is 9.90 Å². The Morgan fingerprint density at radius 3 is 2.75 bits per heavy atom. The summed E-state index contributed by atoms with van der Waals surface area (Å²) in [5.41, 5.74) is 7.26. The van der Waals surface area contributed by atoms with E-state index in [4.69, 9.17) is 15.2 Å². The Balaban J connectivity index is 2.41. The molecule has 132 valence electrons. The van der Waals surface area contributed by atoms with Crippen molar-refractivity contribution in [3.05, 3.63) is 30.0 Å². The zero-order chi connectivity index (χ0) is 17.7. The fraction of sp³-hybridized carbons (Fsp3) is 0.438. The molecule has 1 saturated heterocycles. The number of methoxy groups -OCH3 is 2. The fourth-order valence-electron chi connectivity index (χ4n) is 2.44. The maximum Gasteiger partial charge on any atom is 0.353 e. The first-order valence-corrected chi connectivity index (χ1v) is 8.84. The number of nitrogens with two attached hydrogens (primary N) is 1. The molecule has 8 heteroatoms. The molecule has 0 atom stereocenters. The highest BCUT2D eigenvalue weighted by Crippen LogP contribution is 2.32. The van der Waals surface area contributed by atoms with Crippen molar-refractivity contribution in [1.82, 2.24) is 5.01 Å². The van der Waals surface area contributed by atoms with E-state index in [-0.39, 0.29) is 11.8 Å². The number of nitrogens with zero attached hydrogens (tertiary/aromatic N) is 2. The van der Waals surface area contributed by atoms with Gasteiger partial charge in [-0.3, -0.25) is 5.01 Å². The van der Waals surface area contributed by atoms with Crippen LogP contribution in [0.3, 0.4) is 0 Å². The Kier molecular flexibility index (Phi) is 6.36. The minimum atomic E-state index is -0.985. The molecule has 1 aliphatic heterocycles. The minimum absolute atomic E-state index is 0.0961. The second-order valence-corrected chi connectivity index (χ2v) is 6.23. The molecule has 0 radical (unpaired) electrons. The number of hydrogen-bond donors (Lipinski definition) is 2. The van der Waals surface area contributed by atoms with Crippen molar-refractivity contribution in [2.75, 3.05) is 50.1 Å². The molecule has 0 aliphatic carbocycles. The van der Waals surface area contributed by atoms with E-state index in [1.807, 2.05) is 11.3 Å². The van der Waals surface area contributed by atoms with Crippen LogP contribution in [-0.2, 0) is 9.53 Å². The van der Waals surface area contributed by atoms with E-state index in [0.717, 1.165) is 0 Å². The summed E-state index contributed by atoms with van der Waals surface area (Å²) >= 11 is 1.56. The van der Waals surface area contributed by atoms with Crippen LogP contribution in [0.2, 0.25) is 0 Å². The number of carboxylic acids is 1. The zero-order valence-electron chi connectivity index (χ0n) is 14.1. The number of rotatable bonds is 8. The van der Waals surface area contributed by atoms with E-state index < -0.39 is 5.97 Å². The largest absolute Gasteiger partial charge is 0.495 e. The third kappa shape index (κ3) is 3.95. The van der Waals surface area contributed by atoms with Crippen molar-refractivity contribution in [2.24, 2.45) is 0 Å². The van der Waals surface area contributed by atoms with Gasteiger partial charge in [0.15, 0.2) is 0 Å². The number of hydrogen-bond acceptors (Lipinski definition) is 7. The first-order valence-electron chi connectivity index (χ1n) is 7.45. The summed E-state index contributed by atoms with van der Waals surface area (Å²) < 4.78 is 10.6. The SMILES string of the molecule is COc1cc(N(C(=CCSC)C(=O)O)N2CC(OC)C2)ccc1N. The molecular formula is C16H23N3O4S. The lowest BCUT2D eigenvalue weighted by Crippen LogP contribution is -2.60. The third-order valence-electron chi connectivity index (χ3n) is 3.80. The molecule has 1 heterocycles. The lowest BCUT2D eigenvalue weighted by molar-refractivity contribution is -0.133. The molecule has 0 unspecified atom stereocenters. The van der Waals surface area contributed by atoms with Gasteiger partial charge in [0.25, 0.3) is 0 Å². The number of carbonyl (C=O) groups is 1. The summed E-state index contributed by atoms with van der Waals surface area (Å²) in [5.74, 6) is 0.128. The van der Waals surface area contributed by atoms with Gasteiger partial charge in [0.2, 0.25) is 0 Å². The van der Waals surface area contributed by atoms with Crippen LogP contribution in [0.5, 0.6) is 5.75 Å². The lowest BCUT2D eigenvalue weighted by Gasteiger charge is -2.46. The molecule has 0 spiro atoms. The van der Waals surface area contributed by atoms with Crippen LogP contribution in [0, 0.1) is 0 Å². The van der Waals surface area contributed by atoms with Gasteiger partial charge in [-0.25, -0.2) is 9.80 Å². The van der Waals surface area contributed by atoms with Gasteiger partial charge in [-0.05, 0) is 24.5 Å². The fourth-order valence-corrected chi connectivity index (χ4v) is 2.77. The quantitative estimate of drug-likeness (QED) is 0.539. The zero-order valence-corrected chi connectivity index (χ0v) is 14.9. The number of thioether (sulfide) groups is 1. The second kappa shape index (κ2) is 8.27. The molecule has 0 saturated carbocycles. The van der Waals surface area contributed by atoms with E-state index >= 15 is 0 Å². The average Bonchev–Trinajstić information content (AvgIpc) is 2.52. The van der Waals surface area contributed by atoms with Gasteiger partial charge < -0.3 is 20.3 Å². The third-order valence-corrected chi connectivity index (χ3v) is 4.30. The molecule has 1 aromatic carbocycles. The van der Waals surface area contributed by atoms with Gasteiger partial charge in [0.1, 0.15) is 11.4 Å². The van der Waals surface area contributed by atoms with Crippen LogP contribution in [0.25, 0.3) is 0 Å². The number of ether oxygens (including phenoxy) is 2. The number of aliphatic carboxylic acids is 1. The van der Waals surface area contributed by atoms with E-state index in [1.54, 1.807) is 48.2 Å². The predicted molar refractivity (Wildman–Crippen MR) is 96.4 cm³/mol. The number of anilines is 2. The molecule has 3 N–H and O–H groups in total. The normalized spacial score (nSPS) is 15.9. The van der Waals surface area contributed by atoms with Gasteiger partial charge in [0.05, 0.1) is 24.6 Å². The van der Waals surface area contributed by atoms with Crippen LogP contribution in [0.15, 0.2) is 30.0 Å². The van der Waals surface area contributed by atoms with Crippen LogP contribution in [0.4, 0.5) is 11.4 Å². The van der Waals surface area contributed by atoms with Gasteiger partial charge in [-0.15, -0.1) is 0 Å². The summed E-state index contributed by atoms with van der Waals surface area (Å²) in [6, 6.07) is 5.24. The van der Waals surface area contributed by atoms with Crippen molar-refractivity contribution in [1.29, 1.82) is 0 Å². The summed E-state index contributed by atoms with van der Waals surface area (Å²) in [7, 11) is 3.19. The Labute approximate surface area is 146 Å². The predicted octanol–water partition coefficient (Wildman–Crippen LogP) is 1.66. The Morgan fingerprint density at radius 1 is 1.50 bits per heavy atom. The van der Waals surface area contributed by atoms with E-state index in [2.05, 4.69) is 0 Å². The first-order chi connectivity index (χ1) is 11.5. The minimum Gasteiger partial charge on any atom is -0.495 e. The molecular weight excluding hydrogens is 330 g/mol. The van der Waals surface area contributed by atoms with Crippen molar-refractivity contribution in [3.63, 3.8) is 0 Å². The highest BCUT2D eigenvalue weighted by molar-refractivity contribution is 7.98. The molecule has 1 fully saturated rings. The highest BCUT2D eigenvalue weighted by Gasteiger charge is 2.35. The van der Waals surface area contributed by atoms with E-state index in [0.29, 0.717) is 36.0 Å². The van der Waals surface area contributed by atoms with Crippen molar-refractivity contribution in [2.45, 2.75) is 6.10 Å². The number of benzene rings is 1. The maximum atomic E-state index is 11.8. The average molecular weight is 353 g/mol. The monoisotopic (exact) mass is 353 g/mol. The maximum absolute atomic E-state index is 11.8. The molecule has 1 aliphatic rings. The molecule has 0 bridgehead atoms. The number of carboxylic acid groups (broad SMARTS) is 1. The van der Waals surface area contributed by atoms with Crippen molar-refractivity contribution in [3.8, 4) is 5.75 Å². The first kappa shape index (κ1) is 18.4. The Hall–Kier alpha value is -1.90. The molecule has 24 heavy (non-hydrogen) atoms. The topological polar surface area (TPSA) is 88.3 Å². The smallest absolute Gasteiger partial charge is 0.353 e. The standard InChI is InChI=1S/C16H23N3O4S/c1-22-12-9-18(10-12)19(14(16(20)21)6-7-24-3)11-4-5-13(17)15(8-11)23-2/h4-6,8,12H,7,9-10,17H2,1-3H3,(H,20,21). The van der Waals surface area contributed by atoms with Crippen LogP contribution in [-0.4, -0.2) is 61.5 Å². The van der Waals surface area contributed by atoms with Gasteiger partial charge in [0, 0.05) is 32.0 Å². The van der Waals surface area contributed by atoms with Crippen molar-refractivity contribution < 1.29 is 19.4 Å². The van der Waals surface area contributed by atoms with Gasteiger partial charge in [-0.1, -0.05) is 0 Å². The molecule has 1 aromatic rings. The highest BCUT2D eigenvalue weighted by atomic mass is 32.2. The summed E-state index contributed by atoms with van der Waals surface area (Å²) in [6.45, 7) is 1.24. The Bertz CT molecular complexity index is 617. The van der Waals surface area contributed by atoms with Crippen LogP contribution < -0.4 is 15.5 Å². The Morgan fingerprint density at radius 2 is 2.21 bits per heavy atom. The van der Waals surface area contributed by atoms with Crippen LogP contribution >= 0.6 is 11.8 Å². The number of nitrogen functional groups attached to an aromatic ring is 1. The van der Waals surface area contributed by atoms with Crippen LogP contribution in [0.1, 0.15) is 0 Å². The number of hydrazine groups is 1. The van der Waals surface area contributed by atoms with Gasteiger partial charge >= 0.3 is 5.97 Å². The summed E-state index contributed by atoms with van der Waals surface area (Å²) in [6.07, 6.45) is 3.73.